The van der Waals surface area contributed by atoms with Crippen LogP contribution in [-0.2, 0) is 16.4 Å². The van der Waals surface area contributed by atoms with E-state index in [2.05, 4.69) is 9.97 Å². The molecular formula is C18H21N3O3S. The maximum Gasteiger partial charge on any atom is 0.215 e. The number of aromatic nitrogens is 2. The molecule has 0 N–H and O–H groups in total. The smallest absolute Gasteiger partial charge is 0.215 e. The highest BCUT2D eigenvalue weighted by atomic mass is 32.2. The second-order valence-corrected chi connectivity index (χ2v) is 8.53. The Morgan fingerprint density at radius 2 is 2.04 bits per heavy atom. The molecule has 2 atom stereocenters. The van der Waals surface area contributed by atoms with Gasteiger partial charge in [-0.25, -0.2) is 18.4 Å². The number of hydrogen-bond donors (Lipinski definition) is 0. The van der Waals surface area contributed by atoms with Gasteiger partial charge in [-0.2, -0.15) is 4.31 Å². The van der Waals surface area contributed by atoms with E-state index in [1.807, 2.05) is 30.3 Å². The monoisotopic (exact) mass is 359 g/mol. The van der Waals surface area contributed by atoms with E-state index in [0.717, 1.165) is 29.8 Å². The zero-order valence-electron chi connectivity index (χ0n) is 13.9. The lowest BCUT2D eigenvalue weighted by Gasteiger charge is -2.34. The summed E-state index contributed by atoms with van der Waals surface area (Å²) in [4.78, 5) is 8.42. The first-order valence-corrected chi connectivity index (χ1v) is 10.2. The molecule has 0 aliphatic carbocycles. The van der Waals surface area contributed by atoms with Gasteiger partial charge in [-0.1, -0.05) is 18.2 Å². The highest BCUT2D eigenvalue weighted by Crippen LogP contribution is 2.44. The third-order valence-corrected chi connectivity index (χ3v) is 6.93. The molecule has 4 rings (SSSR count). The molecule has 6 nitrogen and oxygen atoms in total. The van der Waals surface area contributed by atoms with Gasteiger partial charge in [0.2, 0.25) is 10.0 Å². The molecule has 2 aromatic rings. The van der Waals surface area contributed by atoms with Crippen LogP contribution in [0.2, 0.25) is 0 Å². The Morgan fingerprint density at radius 1 is 1.20 bits per heavy atom. The lowest BCUT2D eigenvalue weighted by atomic mass is 10.0. The van der Waals surface area contributed by atoms with Crippen LogP contribution in [0.1, 0.15) is 36.6 Å². The van der Waals surface area contributed by atoms with Crippen molar-refractivity contribution in [3.8, 4) is 5.75 Å². The lowest BCUT2D eigenvalue weighted by molar-refractivity contribution is 0.293. The van der Waals surface area contributed by atoms with Gasteiger partial charge >= 0.3 is 0 Å². The van der Waals surface area contributed by atoms with Crippen LogP contribution < -0.4 is 4.74 Å². The van der Waals surface area contributed by atoms with Crippen molar-refractivity contribution in [2.45, 2.75) is 37.8 Å². The first-order valence-electron chi connectivity index (χ1n) is 8.63. The highest BCUT2D eigenvalue weighted by molar-refractivity contribution is 7.89. The van der Waals surface area contributed by atoms with Crippen LogP contribution in [0, 0.1) is 0 Å². The van der Waals surface area contributed by atoms with Gasteiger partial charge in [-0.05, 0) is 31.4 Å². The van der Waals surface area contributed by atoms with Crippen molar-refractivity contribution in [3.63, 3.8) is 0 Å². The fourth-order valence-electron chi connectivity index (χ4n) is 3.86. The maximum absolute atomic E-state index is 12.9. The van der Waals surface area contributed by atoms with Gasteiger partial charge in [0, 0.05) is 24.2 Å². The number of sulfonamides is 1. The van der Waals surface area contributed by atoms with Crippen molar-refractivity contribution in [2.75, 3.05) is 12.4 Å². The molecule has 1 saturated heterocycles. The largest absolute Gasteiger partial charge is 0.494 e. The SMILES string of the molecule is O=S(=O)(CCCOc1ccccc1)N1C2CCC1c1cncnc1C2. The minimum Gasteiger partial charge on any atom is -0.494 e. The number of para-hydroxylation sites is 1. The molecule has 0 saturated carbocycles. The summed E-state index contributed by atoms with van der Waals surface area (Å²) in [5.74, 6) is 0.875. The number of ether oxygens (including phenoxy) is 1. The summed E-state index contributed by atoms with van der Waals surface area (Å²) in [6.45, 7) is 0.395. The molecule has 1 fully saturated rings. The van der Waals surface area contributed by atoms with Gasteiger partial charge in [0.25, 0.3) is 0 Å². The quantitative estimate of drug-likeness (QED) is 0.740. The molecule has 3 heterocycles. The Morgan fingerprint density at radius 3 is 2.88 bits per heavy atom. The highest BCUT2D eigenvalue weighted by Gasteiger charge is 2.46. The van der Waals surface area contributed by atoms with Crippen LogP contribution in [-0.4, -0.2) is 41.1 Å². The zero-order valence-corrected chi connectivity index (χ0v) is 14.7. The van der Waals surface area contributed by atoms with Crippen molar-refractivity contribution in [1.29, 1.82) is 0 Å². The molecule has 132 valence electrons. The Labute approximate surface area is 147 Å². The summed E-state index contributed by atoms with van der Waals surface area (Å²) in [7, 11) is -3.32. The van der Waals surface area contributed by atoms with Crippen molar-refractivity contribution in [3.05, 3.63) is 54.1 Å². The molecule has 1 aromatic heterocycles. The van der Waals surface area contributed by atoms with Crippen molar-refractivity contribution >= 4 is 10.0 Å². The second kappa shape index (κ2) is 6.72. The number of hydrogen-bond acceptors (Lipinski definition) is 5. The minimum absolute atomic E-state index is 0.0347. The summed E-state index contributed by atoms with van der Waals surface area (Å²) < 4.78 is 33.1. The van der Waals surface area contributed by atoms with Crippen LogP contribution in [0.3, 0.4) is 0 Å². The summed E-state index contributed by atoms with van der Waals surface area (Å²) in [5, 5.41) is 0. The van der Waals surface area contributed by atoms with E-state index in [9.17, 15) is 8.42 Å². The summed E-state index contributed by atoms with van der Waals surface area (Å²) in [5.41, 5.74) is 1.97. The molecule has 2 aliphatic heterocycles. The van der Waals surface area contributed by atoms with E-state index in [0.29, 0.717) is 19.4 Å². The van der Waals surface area contributed by atoms with Gasteiger partial charge in [-0.3, -0.25) is 0 Å². The van der Waals surface area contributed by atoms with E-state index in [1.54, 1.807) is 16.8 Å². The van der Waals surface area contributed by atoms with E-state index in [1.165, 1.54) is 0 Å². The van der Waals surface area contributed by atoms with Crippen molar-refractivity contribution < 1.29 is 13.2 Å². The zero-order chi connectivity index (χ0) is 17.3. The van der Waals surface area contributed by atoms with E-state index in [-0.39, 0.29) is 17.8 Å². The minimum atomic E-state index is -3.32. The molecule has 2 bridgehead atoms. The van der Waals surface area contributed by atoms with Crippen LogP contribution in [0.15, 0.2) is 42.9 Å². The molecule has 0 radical (unpaired) electrons. The van der Waals surface area contributed by atoms with Gasteiger partial charge in [0.15, 0.2) is 0 Å². The first-order chi connectivity index (χ1) is 12.1. The molecule has 0 amide bonds. The molecule has 2 unspecified atom stereocenters. The van der Waals surface area contributed by atoms with Gasteiger partial charge in [0.05, 0.1) is 24.1 Å². The average Bonchev–Trinajstić information content (AvgIpc) is 2.96. The normalized spacial score (nSPS) is 22.6. The topological polar surface area (TPSA) is 72.4 Å². The number of rotatable bonds is 6. The number of fused-ring (bicyclic) bond motifs is 4. The average molecular weight is 359 g/mol. The second-order valence-electron chi connectivity index (χ2n) is 6.54. The third-order valence-electron chi connectivity index (χ3n) is 4.94. The predicted molar refractivity (Wildman–Crippen MR) is 93.7 cm³/mol. The van der Waals surface area contributed by atoms with Crippen molar-refractivity contribution in [2.24, 2.45) is 0 Å². The van der Waals surface area contributed by atoms with Crippen LogP contribution in [0.25, 0.3) is 0 Å². The summed E-state index contributed by atoms with van der Waals surface area (Å²) >= 11 is 0. The molecule has 0 spiro atoms. The lowest BCUT2D eigenvalue weighted by Crippen LogP contribution is -2.43. The fourth-order valence-corrected chi connectivity index (χ4v) is 5.79. The Kier molecular flexibility index (Phi) is 4.43. The van der Waals surface area contributed by atoms with Gasteiger partial charge in [-0.15, -0.1) is 0 Å². The standard InChI is InChI=1S/C18H21N3O3S/c22-25(23,10-4-9-24-15-5-2-1-3-6-15)21-14-7-8-18(21)16-12-19-13-20-17(16)11-14/h1-3,5-6,12-14,18H,4,7-11H2. The molecule has 2 aliphatic rings. The molecule has 1 aromatic carbocycles. The van der Waals surface area contributed by atoms with Crippen LogP contribution in [0.4, 0.5) is 0 Å². The Hall–Kier alpha value is -1.99. The van der Waals surface area contributed by atoms with E-state index < -0.39 is 10.0 Å². The molecule has 7 heteroatoms. The van der Waals surface area contributed by atoms with E-state index >= 15 is 0 Å². The van der Waals surface area contributed by atoms with Gasteiger partial charge < -0.3 is 4.74 Å². The Balaban J connectivity index is 1.41. The first kappa shape index (κ1) is 16.5. The summed E-state index contributed by atoms with van der Waals surface area (Å²) in [6, 6.07) is 9.40. The van der Waals surface area contributed by atoms with E-state index in [4.69, 9.17) is 4.74 Å². The number of nitrogens with zero attached hydrogens (tertiary/aromatic N) is 3. The van der Waals surface area contributed by atoms with Gasteiger partial charge in [0.1, 0.15) is 12.1 Å². The van der Waals surface area contributed by atoms with Crippen molar-refractivity contribution in [1.82, 2.24) is 14.3 Å². The fraction of sp³-hybridized carbons (Fsp3) is 0.444. The maximum atomic E-state index is 12.9. The third kappa shape index (κ3) is 3.26. The van der Waals surface area contributed by atoms with Crippen LogP contribution in [0.5, 0.6) is 5.75 Å². The summed E-state index contributed by atoms with van der Waals surface area (Å²) in [6.07, 6.45) is 6.23. The Bertz CT molecular complexity index is 842. The predicted octanol–water partition coefficient (Wildman–Crippen LogP) is 2.34. The molecular weight excluding hydrogens is 338 g/mol. The number of benzene rings is 1. The molecule has 25 heavy (non-hydrogen) atoms. The van der Waals surface area contributed by atoms with Crippen LogP contribution >= 0.6 is 0 Å².